The lowest BCUT2D eigenvalue weighted by molar-refractivity contribution is -0.121. The third kappa shape index (κ3) is 4.61. The zero-order chi connectivity index (χ0) is 13.8. The van der Waals surface area contributed by atoms with Gasteiger partial charge in [0.05, 0.1) is 17.5 Å². The SMILES string of the molecule is CNC(=O)NC(=O)C(C)NC1CCS(=O)(=O)CC1. The first-order valence-corrected chi connectivity index (χ1v) is 7.65. The van der Waals surface area contributed by atoms with Crippen LogP contribution in [0, 0.1) is 0 Å². The highest BCUT2D eigenvalue weighted by molar-refractivity contribution is 7.91. The molecule has 1 fully saturated rings. The number of hydrogen-bond donors (Lipinski definition) is 3. The van der Waals surface area contributed by atoms with Gasteiger partial charge in [-0.25, -0.2) is 13.2 Å². The van der Waals surface area contributed by atoms with Crippen molar-refractivity contribution in [1.82, 2.24) is 16.0 Å². The lowest BCUT2D eigenvalue weighted by atomic mass is 10.1. The summed E-state index contributed by atoms with van der Waals surface area (Å²) in [7, 11) is -1.48. The molecule has 1 unspecified atom stereocenters. The molecule has 0 aromatic rings. The van der Waals surface area contributed by atoms with Crippen molar-refractivity contribution in [1.29, 1.82) is 0 Å². The van der Waals surface area contributed by atoms with Gasteiger partial charge in [0.15, 0.2) is 0 Å². The Bertz CT molecular complexity index is 407. The number of carbonyl (C=O) groups excluding carboxylic acids is 2. The minimum atomic E-state index is -2.90. The topological polar surface area (TPSA) is 104 Å². The normalized spacial score (nSPS) is 21.0. The molecular weight excluding hydrogens is 258 g/mol. The molecule has 104 valence electrons. The highest BCUT2D eigenvalue weighted by Gasteiger charge is 2.26. The van der Waals surface area contributed by atoms with Gasteiger partial charge in [0, 0.05) is 13.1 Å². The summed E-state index contributed by atoms with van der Waals surface area (Å²) >= 11 is 0. The minimum Gasteiger partial charge on any atom is -0.341 e. The molecule has 3 N–H and O–H groups in total. The molecule has 3 amide bonds. The fourth-order valence-corrected chi connectivity index (χ4v) is 3.26. The minimum absolute atomic E-state index is 0.000960. The van der Waals surface area contributed by atoms with E-state index in [1.165, 1.54) is 7.05 Å². The molecule has 7 nitrogen and oxygen atoms in total. The van der Waals surface area contributed by atoms with Crippen LogP contribution in [0.5, 0.6) is 0 Å². The molecule has 0 aromatic carbocycles. The monoisotopic (exact) mass is 277 g/mol. The molecule has 0 aliphatic carbocycles. The Hall–Kier alpha value is -1.15. The second kappa shape index (κ2) is 6.14. The highest BCUT2D eigenvalue weighted by atomic mass is 32.2. The molecule has 18 heavy (non-hydrogen) atoms. The predicted molar refractivity (Wildman–Crippen MR) is 66.9 cm³/mol. The van der Waals surface area contributed by atoms with Gasteiger partial charge in [0.1, 0.15) is 9.84 Å². The molecule has 8 heteroatoms. The lowest BCUT2D eigenvalue weighted by Gasteiger charge is -2.25. The Kier molecular flexibility index (Phi) is 5.09. The van der Waals surface area contributed by atoms with Gasteiger partial charge < -0.3 is 10.6 Å². The van der Waals surface area contributed by atoms with Gasteiger partial charge in [-0.2, -0.15) is 0 Å². The van der Waals surface area contributed by atoms with Gasteiger partial charge in [-0.15, -0.1) is 0 Å². The standard InChI is InChI=1S/C10H19N3O4S/c1-7(9(14)13-10(15)11-2)12-8-3-5-18(16,17)6-4-8/h7-8,12H,3-6H2,1-2H3,(H2,11,13,14,15). The molecule has 1 atom stereocenters. The van der Waals surface area contributed by atoms with Crippen molar-refractivity contribution in [2.75, 3.05) is 18.6 Å². The summed E-state index contributed by atoms with van der Waals surface area (Å²) in [6.07, 6.45) is 1.000. The second-order valence-electron chi connectivity index (χ2n) is 4.38. The molecule has 0 aromatic heterocycles. The van der Waals surface area contributed by atoms with Crippen LogP contribution in [0.3, 0.4) is 0 Å². The van der Waals surface area contributed by atoms with Crippen molar-refractivity contribution < 1.29 is 18.0 Å². The number of carbonyl (C=O) groups is 2. The zero-order valence-corrected chi connectivity index (χ0v) is 11.3. The van der Waals surface area contributed by atoms with Gasteiger partial charge in [-0.05, 0) is 19.8 Å². The largest absolute Gasteiger partial charge is 0.341 e. The van der Waals surface area contributed by atoms with Crippen LogP contribution in [0.25, 0.3) is 0 Å². The van der Waals surface area contributed by atoms with Crippen LogP contribution in [0.1, 0.15) is 19.8 Å². The number of hydrogen-bond acceptors (Lipinski definition) is 5. The Labute approximate surface area is 107 Å². The van der Waals surface area contributed by atoms with Gasteiger partial charge in [0.25, 0.3) is 0 Å². The van der Waals surface area contributed by atoms with E-state index in [1.807, 2.05) is 0 Å². The summed E-state index contributed by atoms with van der Waals surface area (Å²) in [6, 6.07) is -1.09. The smallest absolute Gasteiger partial charge is 0.321 e. The van der Waals surface area contributed by atoms with Crippen molar-refractivity contribution in [3.8, 4) is 0 Å². The molecule has 1 heterocycles. The van der Waals surface area contributed by atoms with Crippen LogP contribution >= 0.6 is 0 Å². The Morgan fingerprint density at radius 2 is 1.78 bits per heavy atom. The van der Waals surface area contributed by atoms with Crippen LogP contribution in [0.2, 0.25) is 0 Å². The molecule has 1 aliphatic heterocycles. The summed E-state index contributed by atoms with van der Waals surface area (Å²) in [5, 5.41) is 7.48. The van der Waals surface area contributed by atoms with E-state index >= 15 is 0 Å². The third-order valence-electron chi connectivity index (χ3n) is 2.90. The number of sulfone groups is 1. The molecule has 0 saturated carbocycles. The number of nitrogens with one attached hydrogen (secondary N) is 3. The summed E-state index contributed by atoms with van der Waals surface area (Å²) in [5.74, 6) is -0.133. The maximum atomic E-state index is 11.6. The van der Waals surface area contributed by atoms with E-state index in [1.54, 1.807) is 6.92 Å². The van der Waals surface area contributed by atoms with E-state index in [0.29, 0.717) is 12.8 Å². The van der Waals surface area contributed by atoms with Crippen molar-refractivity contribution >= 4 is 21.8 Å². The number of urea groups is 1. The molecular formula is C10H19N3O4S. The Balaban J connectivity index is 2.39. The van der Waals surface area contributed by atoms with E-state index in [4.69, 9.17) is 0 Å². The van der Waals surface area contributed by atoms with E-state index in [9.17, 15) is 18.0 Å². The van der Waals surface area contributed by atoms with Gasteiger partial charge in [-0.1, -0.05) is 0 Å². The van der Waals surface area contributed by atoms with Gasteiger partial charge in [0.2, 0.25) is 5.91 Å². The average Bonchev–Trinajstić information content (AvgIpc) is 2.31. The summed E-state index contributed by atoms with van der Waals surface area (Å²) in [4.78, 5) is 22.5. The van der Waals surface area contributed by atoms with Crippen LogP contribution in [-0.4, -0.2) is 51.0 Å². The predicted octanol–water partition coefficient (Wildman–Crippen LogP) is -1.00. The van der Waals surface area contributed by atoms with Gasteiger partial charge >= 0.3 is 6.03 Å². The highest BCUT2D eigenvalue weighted by Crippen LogP contribution is 2.12. The molecule has 0 spiro atoms. The summed E-state index contributed by atoms with van der Waals surface area (Å²) < 4.78 is 22.5. The quantitative estimate of drug-likeness (QED) is 0.613. The first-order valence-electron chi connectivity index (χ1n) is 5.83. The van der Waals surface area contributed by atoms with Crippen LogP contribution in [-0.2, 0) is 14.6 Å². The van der Waals surface area contributed by atoms with Crippen molar-refractivity contribution in [3.63, 3.8) is 0 Å². The Morgan fingerprint density at radius 3 is 2.28 bits per heavy atom. The first kappa shape index (κ1) is 14.9. The summed E-state index contributed by atoms with van der Waals surface area (Å²) in [6.45, 7) is 1.64. The van der Waals surface area contributed by atoms with Crippen LogP contribution < -0.4 is 16.0 Å². The average molecular weight is 277 g/mol. The first-order chi connectivity index (χ1) is 8.34. The van der Waals surface area contributed by atoms with Crippen LogP contribution in [0.4, 0.5) is 4.79 Å². The van der Waals surface area contributed by atoms with Crippen molar-refractivity contribution in [3.05, 3.63) is 0 Å². The molecule has 1 saturated heterocycles. The second-order valence-corrected chi connectivity index (χ2v) is 6.69. The molecule has 1 aliphatic rings. The lowest BCUT2D eigenvalue weighted by Crippen LogP contribution is -2.51. The summed E-state index contributed by atoms with van der Waals surface area (Å²) in [5.41, 5.74) is 0. The van der Waals surface area contributed by atoms with Crippen molar-refractivity contribution in [2.24, 2.45) is 0 Å². The molecule has 0 bridgehead atoms. The molecule has 0 radical (unpaired) electrons. The van der Waals surface area contributed by atoms with Crippen molar-refractivity contribution in [2.45, 2.75) is 31.8 Å². The van der Waals surface area contributed by atoms with Gasteiger partial charge in [-0.3, -0.25) is 10.1 Å². The van der Waals surface area contributed by atoms with E-state index in [0.717, 1.165) is 0 Å². The van der Waals surface area contributed by atoms with E-state index < -0.39 is 27.8 Å². The molecule has 1 rings (SSSR count). The van der Waals surface area contributed by atoms with Crippen LogP contribution in [0.15, 0.2) is 0 Å². The maximum Gasteiger partial charge on any atom is 0.321 e. The number of rotatable bonds is 3. The van der Waals surface area contributed by atoms with E-state index in [2.05, 4.69) is 16.0 Å². The zero-order valence-electron chi connectivity index (χ0n) is 10.5. The Morgan fingerprint density at radius 1 is 1.22 bits per heavy atom. The fourth-order valence-electron chi connectivity index (χ4n) is 1.77. The fraction of sp³-hybridized carbons (Fsp3) is 0.800. The number of amides is 3. The maximum absolute atomic E-state index is 11.6. The third-order valence-corrected chi connectivity index (χ3v) is 4.61. The van der Waals surface area contributed by atoms with E-state index in [-0.39, 0.29) is 17.5 Å². The number of imide groups is 1.